The molecular formula is C7H10O2. The maximum absolute atomic E-state index is 5.17. The highest BCUT2D eigenvalue weighted by molar-refractivity contribution is 5.21. The zero-order valence-electron chi connectivity index (χ0n) is 5.52. The van der Waals surface area contributed by atoms with Gasteiger partial charge in [0.1, 0.15) is 11.5 Å². The van der Waals surface area contributed by atoms with Crippen LogP contribution in [0.3, 0.4) is 0 Å². The van der Waals surface area contributed by atoms with Gasteiger partial charge in [0.15, 0.2) is 0 Å². The second kappa shape index (κ2) is 1.74. The SMILES string of the molecule is COC1CCC2=C(C1)O2. The molecule has 0 radical (unpaired) electrons. The molecule has 2 aliphatic rings. The first-order valence-corrected chi connectivity index (χ1v) is 3.33. The van der Waals surface area contributed by atoms with Gasteiger partial charge < -0.3 is 9.47 Å². The molecule has 9 heavy (non-hydrogen) atoms. The van der Waals surface area contributed by atoms with Gasteiger partial charge in [-0.3, -0.25) is 0 Å². The summed E-state index contributed by atoms with van der Waals surface area (Å²) < 4.78 is 10.3. The summed E-state index contributed by atoms with van der Waals surface area (Å²) in [6, 6.07) is 0. The third-order valence-corrected chi connectivity index (χ3v) is 1.96. The van der Waals surface area contributed by atoms with Gasteiger partial charge in [-0.2, -0.15) is 0 Å². The van der Waals surface area contributed by atoms with Crippen LogP contribution in [0.5, 0.6) is 0 Å². The van der Waals surface area contributed by atoms with Crippen LogP contribution in [-0.2, 0) is 9.47 Å². The number of allylic oxidation sites excluding steroid dienone is 1. The third-order valence-electron chi connectivity index (χ3n) is 1.96. The number of hydrogen-bond donors (Lipinski definition) is 0. The smallest absolute Gasteiger partial charge is 0.144 e. The van der Waals surface area contributed by atoms with Gasteiger partial charge in [-0.25, -0.2) is 0 Å². The molecular weight excluding hydrogens is 116 g/mol. The van der Waals surface area contributed by atoms with E-state index in [9.17, 15) is 0 Å². The average Bonchev–Trinajstić information content (AvgIpc) is 2.64. The summed E-state index contributed by atoms with van der Waals surface area (Å²) in [5, 5.41) is 0. The summed E-state index contributed by atoms with van der Waals surface area (Å²) >= 11 is 0. The largest absolute Gasteiger partial charge is 0.459 e. The number of methoxy groups -OCH3 is 1. The first kappa shape index (κ1) is 5.30. The van der Waals surface area contributed by atoms with Crippen molar-refractivity contribution < 1.29 is 9.47 Å². The van der Waals surface area contributed by atoms with Crippen molar-refractivity contribution in [3.8, 4) is 0 Å². The molecule has 0 saturated heterocycles. The topological polar surface area (TPSA) is 21.8 Å². The van der Waals surface area contributed by atoms with E-state index in [4.69, 9.17) is 9.47 Å². The zero-order chi connectivity index (χ0) is 6.27. The molecule has 0 spiro atoms. The van der Waals surface area contributed by atoms with Crippen LogP contribution in [0.15, 0.2) is 11.5 Å². The van der Waals surface area contributed by atoms with Crippen molar-refractivity contribution in [2.45, 2.75) is 25.4 Å². The van der Waals surface area contributed by atoms with Gasteiger partial charge in [0.2, 0.25) is 0 Å². The van der Waals surface area contributed by atoms with Gasteiger partial charge in [0.25, 0.3) is 0 Å². The lowest BCUT2D eigenvalue weighted by molar-refractivity contribution is 0.0940. The quantitative estimate of drug-likeness (QED) is 0.530. The summed E-state index contributed by atoms with van der Waals surface area (Å²) in [5.74, 6) is 2.41. The van der Waals surface area contributed by atoms with Crippen molar-refractivity contribution in [3.63, 3.8) is 0 Å². The summed E-state index contributed by atoms with van der Waals surface area (Å²) in [5.41, 5.74) is 0. The first-order chi connectivity index (χ1) is 4.40. The summed E-state index contributed by atoms with van der Waals surface area (Å²) in [6.07, 6.45) is 3.65. The van der Waals surface area contributed by atoms with Gasteiger partial charge in [-0.15, -0.1) is 0 Å². The van der Waals surface area contributed by atoms with Crippen LogP contribution in [0.25, 0.3) is 0 Å². The Labute approximate surface area is 54.5 Å². The van der Waals surface area contributed by atoms with Crippen LogP contribution in [0, 0.1) is 0 Å². The fraction of sp³-hybridized carbons (Fsp3) is 0.714. The van der Waals surface area contributed by atoms with Crippen LogP contribution in [0.2, 0.25) is 0 Å². The Morgan fingerprint density at radius 3 is 3.11 bits per heavy atom. The van der Waals surface area contributed by atoms with E-state index in [-0.39, 0.29) is 0 Å². The van der Waals surface area contributed by atoms with Gasteiger partial charge >= 0.3 is 0 Å². The van der Waals surface area contributed by atoms with E-state index in [1.165, 1.54) is 11.5 Å². The van der Waals surface area contributed by atoms with Gasteiger partial charge in [-0.1, -0.05) is 0 Å². The lowest BCUT2D eigenvalue weighted by Crippen LogP contribution is -2.10. The molecule has 2 nitrogen and oxygen atoms in total. The Kier molecular flexibility index (Phi) is 1.02. The molecule has 0 aromatic rings. The van der Waals surface area contributed by atoms with Gasteiger partial charge in [0.05, 0.1) is 6.10 Å². The maximum atomic E-state index is 5.17. The summed E-state index contributed by atoms with van der Waals surface area (Å²) in [4.78, 5) is 0. The van der Waals surface area contributed by atoms with E-state index in [1.54, 1.807) is 7.11 Å². The fourth-order valence-corrected chi connectivity index (χ4v) is 1.27. The Bertz CT molecular complexity index is 160. The molecule has 1 heterocycles. The van der Waals surface area contributed by atoms with E-state index < -0.39 is 0 Å². The molecule has 50 valence electrons. The van der Waals surface area contributed by atoms with E-state index >= 15 is 0 Å². The van der Waals surface area contributed by atoms with Crippen LogP contribution >= 0.6 is 0 Å². The van der Waals surface area contributed by atoms with Gasteiger partial charge in [-0.05, 0) is 6.42 Å². The Balaban J connectivity index is 1.98. The van der Waals surface area contributed by atoms with Crippen LogP contribution < -0.4 is 0 Å². The second-order valence-electron chi connectivity index (χ2n) is 2.55. The molecule has 1 aliphatic heterocycles. The van der Waals surface area contributed by atoms with Crippen LogP contribution in [0.1, 0.15) is 19.3 Å². The summed E-state index contributed by atoms with van der Waals surface area (Å²) in [6.45, 7) is 0. The normalized spacial score (nSPS) is 31.4. The molecule has 0 amide bonds. The highest BCUT2D eigenvalue weighted by atomic mass is 16.6. The maximum Gasteiger partial charge on any atom is 0.144 e. The van der Waals surface area contributed by atoms with E-state index in [0.717, 1.165) is 19.3 Å². The second-order valence-corrected chi connectivity index (χ2v) is 2.55. The molecule has 0 bridgehead atoms. The Hall–Kier alpha value is -0.500. The number of hydrogen-bond acceptors (Lipinski definition) is 2. The van der Waals surface area contributed by atoms with Crippen molar-refractivity contribution >= 4 is 0 Å². The molecule has 0 saturated carbocycles. The Morgan fingerprint density at radius 1 is 1.56 bits per heavy atom. The minimum Gasteiger partial charge on any atom is -0.459 e. The molecule has 1 aliphatic carbocycles. The molecule has 0 aromatic carbocycles. The summed E-state index contributed by atoms with van der Waals surface area (Å²) in [7, 11) is 1.76. The molecule has 0 fully saturated rings. The van der Waals surface area contributed by atoms with Crippen LogP contribution in [-0.4, -0.2) is 13.2 Å². The molecule has 2 heteroatoms. The minimum absolute atomic E-state index is 0.422. The highest BCUT2D eigenvalue weighted by Crippen LogP contribution is 2.39. The molecule has 2 rings (SSSR count). The van der Waals surface area contributed by atoms with E-state index in [0.29, 0.717) is 6.10 Å². The molecule has 0 N–H and O–H groups in total. The Morgan fingerprint density at radius 2 is 2.44 bits per heavy atom. The molecule has 1 atom stereocenters. The first-order valence-electron chi connectivity index (χ1n) is 3.33. The van der Waals surface area contributed by atoms with Crippen molar-refractivity contribution in [3.05, 3.63) is 11.5 Å². The molecule has 0 aromatic heterocycles. The van der Waals surface area contributed by atoms with E-state index in [2.05, 4.69) is 0 Å². The average molecular weight is 126 g/mol. The fourth-order valence-electron chi connectivity index (χ4n) is 1.27. The standard InChI is InChI=1S/C7H10O2/c1-8-5-2-3-6-7(4-5)9-6/h5H,2-4H2,1H3. The monoisotopic (exact) mass is 126 g/mol. The highest BCUT2D eigenvalue weighted by Gasteiger charge is 2.32. The predicted octanol–water partition coefficient (Wildman–Crippen LogP) is 1.43. The van der Waals surface area contributed by atoms with Crippen LogP contribution in [0.4, 0.5) is 0 Å². The van der Waals surface area contributed by atoms with Crippen molar-refractivity contribution in [2.75, 3.05) is 7.11 Å². The predicted molar refractivity (Wildman–Crippen MR) is 32.8 cm³/mol. The van der Waals surface area contributed by atoms with Crippen molar-refractivity contribution in [1.82, 2.24) is 0 Å². The lowest BCUT2D eigenvalue weighted by atomic mass is 10.1. The third kappa shape index (κ3) is 0.833. The number of rotatable bonds is 1. The van der Waals surface area contributed by atoms with E-state index in [1.807, 2.05) is 0 Å². The lowest BCUT2D eigenvalue weighted by Gasteiger charge is -2.11. The zero-order valence-corrected chi connectivity index (χ0v) is 5.52. The van der Waals surface area contributed by atoms with Gasteiger partial charge in [0, 0.05) is 20.0 Å². The molecule has 1 unspecified atom stereocenters. The van der Waals surface area contributed by atoms with Crippen molar-refractivity contribution in [2.24, 2.45) is 0 Å². The van der Waals surface area contributed by atoms with Crippen molar-refractivity contribution in [1.29, 1.82) is 0 Å². The minimum atomic E-state index is 0.422. The number of ether oxygens (including phenoxy) is 2.